The van der Waals surface area contributed by atoms with E-state index < -0.39 is 10.8 Å². The number of fused-ring (bicyclic) bond motifs is 16. The van der Waals surface area contributed by atoms with Crippen LogP contribution in [0.15, 0.2) is 273 Å². The average Bonchev–Trinajstić information content (AvgIpc) is 3.89. The van der Waals surface area contributed by atoms with Gasteiger partial charge in [0.05, 0.1) is 10.8 Å². The van der Waals surface area contributed by atoms with Crippen LogP contribution in [0.25, 0.3) is 55.6 Å². The Hall–Kier alpha value is -8.78. The van der Waals surface area contributed by atoms with Crippen LogP contribution in [0.3, 0.4) is 0 Å². The minimum absolute atomic E-state index is 0.472. The summed E-state index contributed by atoms with van der Waals surface area (Å²) in [5, 5.41) is 0. The maximum absolute atomic E-state index is 2.46. The van der Waals surface area contributed by atoms with Crippen LogP contribution in [-0.4, -0.2) is 0 Å². The van der Waals surface area contributed by atoms with Crippen LogP contribution in [0, 0.1) is 0 Å². The molecule has 0 bridgehead atoms. The molecule has 0 aromatic heterocycles. The van der Waals surface area contributed by atoms with E-state index in [0.29, 0.717) is 0 Å². The van der Waals surface area contributed by atoms with Gasteiger partial charge < -0.3 is 4.90 Å². The van der Waals surface area contributed by atoms with Gasteiger partial charge in [-0.1, -0.05) is 237 Å². The molecule has 69 heavy (non-hydrogen) atoms. The molecule has 3 aliphatic carbocycles. The maximum Gasteiger partial charge on any atom is 0.0720 e. The van der Waals surface area contributed by atoms with Crippen molar-refractivity contribution in [1.29, 1.82) is 0 Å². The Morgan fingerprint density at radius 3 is 0.928 bits per heavy atom. The third kappa shape index (κ3) is 5.59. The average molecular weight is 876 g/mol. The Kier molecular flexibility index (Phi) is 8.78. The number of nitrogens with zero attached hydrogens (tertiary/aromatic N) is 1. The fraction of sp³-hybridized carbons (Fsp3) is 0.0294. The first-order valence-corrected chi connectivity index (χ1v) is 24.1. The second-order valence-electron chi connectivity index (χ2n) is 18.7. The molecule has 2 spiro atoms. The summed E-state index contributed by atoms with van der Waals surface area (Å²) in [6, 6.07) is 102. The number of anilines is 3. The van der Waals surface area contributed by atoms with E-state index in [1.165, 1.54) is 100 Å². The topological polar surface area (TPSA) is 3.24 Å². The monoisotopic (exact) mass is 875 g/mol. The zero-order valence-corrected chi connectivity index (χ0v) is 37.9. The summed E-state index contributed by atoms with van der Waals surface area (Å²) in [4.78, 5) is 2.43. The van der Waals surface area contributed by atoms with E-state index in [1.54, 1.807) is 0 Å². The summed E-state index contributed by atoms with van der Waals surface area (Å²) in [5.41, 5.74) is 25.4. The van der Waals surface area contributed by atoms with Crippen LogP contribution >= 0.6 is 0 Å². The molecule has 1 nitrogen and oxygen atoms in total. The standard InChI is InChI=1S/C68H45N/c1-3-19-46(20-4-1)47-35-39-50(40-36-47)69(51-41-37-49(38-42-51)54-24-8-7-23-53(54)48-21-5-2-6-22-48)52-43-44-62-58(45-52)57-27-11-14-30-61(57)68(62)65-33-17-15-31-63(65)67(64-32-16-18-34-66(64)68)59-28-12-9-25-55(59)56-26-10-13-29-60(56)67/h1-45H. The summed E-state index contributed by atoms with van der Waals surface area (Å²) < 4.78 is 0. The summed E-state index contributed by atoms with van der Waals surface area (Å²) in [5.74, 6) is 0. The van der Waals surface area contributed by atoms with Gasteiger partial charge in [-0.2, -0.15) is 0 Å². The van der Waals surface area contributed by atoms with E-state index in [2.05, 4.69) is 278 Å². The van der Waals surface area contributed by atoms with Crippen LogP contribution in [0.5, 0.6) is 0 Å². The third-order valence-electron chi connectivity index (χ3n) is 15.4. The molecular formula is C68H45N. The molecule has 322 valence electrons. The van der Waals surface area contributed by atoms with E-state index >= 15 is 0 Å². The fourth-order valence-electron chi connectivity index (χ4n) is 12.6. The molecule has 0 atom stereocenters. The first-order chi connectivity index (χ1) is 34.2. The summed E-state index contributed by atoms with van der Waals surface area (Å²) in [7, 11) is 0. The molecule has 0 unspecified atom stereocenters. The quantitative estimate of drug-likeness (QED) is 0.161. The third-order valence-corrected chi connectivity index (χ3v) is 15.4. The van der Waals surface area contributed by atoms with Crippen molar-refractivity contribution in [3.05, 3.63) is 317 Å². The highest BCUT2D eigenvalue weighted by atomic mass is 15.1. The molecule has 1 heteroatoms. The Bertz CT molecular complexity index is 3680. The largest absolute Gasteiger partial charge is 0.310 e. The number of hydrogen-bond acceptors (Lipinski definition) is 1. The van der Waals surface area contributed by atoms with E-state index in [-0.39, 0.29) is 0 Å². The lowest BCUT2D eigenvalue weighted by atomic mass is 9.52. The predicted molar refractivity (Wildman–Crippen MR) is 286 cm³/mol. The lowest BCUT2D eigenvalue weighted by Gasteiger charge is -2.48. The smallest absolute Gasteiger partial charge is 0.0720 e. The van der Waals surface area contributed by atoms with Crippen LogP contribution in [0.1, 0.15) is 44.5 Å². The molecule has 0 fully saturated rings. The summed E-state index contributed by atoms with van der Waals surface area (Å²) in [6.07, 6.45) is 0. The van der Waals surface area contributed by atoms with Crippen molar-refractivity contribution in [3.63, 3.8) is 0 Å². The van der Waals surface area contributed by atoms with Crippen molar-refractivity contribution in [2.45, 2.75) is 10.8 Å². The van der Waals surface area contributed by atoms with Gasteiger partial charge in [-0.3, -0.25) is 0 Å². The van der Waals surface area contributed by atoms with Gasteiger partial charge in [0.1, 0.15) is 0 Å². The van der Waals surface area contributed by atoms with Gasteiger partial charge in [0, 0.05) is 17.1 Å². The molecule has 0 heterocycles. The van der Waals surface area contributed by atoms with Crippen molar-refractivity contribution in [3.8, 4) is 55.6 Å². The van der Waals surface area contributed by atoms with Gasteiger partial charge in [0.15, 0.2) is 0 Å². The molecule has 14 rings (SSSR count). The van der Waals surface area contributed by atoms with Gasteiger partial charge in [0.25, 0.3) is 0 Å². The first-order valence-electron chi connectivity index (χ1n) is 24.1. The van der Waals surface area contributed by atoms with Gasteiger partial charge in [-0.15, -0.1) is 0 Å². The van der Waals surface area contributed by atoms with Gasteiger partial charge in [-0.05, 0) is 137 Å². The van der Waals surface area contributed by atoms with Crippen LogP contribution in [0.2, 0.25) is 0 Å². The van der Waals surface area contributed by atoms with Crippen LogP contribution in [-0.2, 0) is 10.8 Å². The van der Waals surface area contributed by atoms with E-state index in [4.69, 9.17) is 0 Å². The van der Waals surface area contributed by atoms with Crippen molar-refractivity contribution in [2.24, 2.45) is 0 Å². The molecule has 0 amide bonds. The normalized spacial score (nSPS) is 13.7. The summed E-state index contributed by atoms with van der Waals surface area (Å²) in [6.45, 7) is 0. The van der Waals surface area contributed by atoms with Crippen molar-refractivity contribution in [2.75, 3.05) is 4.90 Å². The second-order valence-corrected chi connectivity index (χ2v) is 18.7. The Morgan fingerprint density at radius 2 is 0.478 bits per heavy atom. The number of benzene rings is 11. The van der Waals surface area contributed by atoms with Gasteiger partial charge in [0.2, 0.25) is 0 Å². The minimum Gasteiger partial charge on any atom is -0.310 e. The molecule has 0 aliphatic heterocycles. The van der Waals surface area contributed by atoms with Crippen molar-refractivity contribution in [1.82, 2.24) is 0 Å². The highest BCUT2D eigenvalue weighted by Gasteiger charge is 2.58. The van der Waals surface area contributed by atoms with Gasteiger partial charge in [-0.25, -0.2) is 0 Å². The maximum atomic E-state index is 2.46. The van der Waals surface area contributed by atoms with Crippen molar-refractivity contribution >= 4 is 17.1 Å². The van der Waals surface area contributed by atoms with E-state index in [9.17, 15) is 0 Å². The number of hydrogen-bond donors (Lipinski definition) is 0. The lowest BCUT2D eigenvalue weighted by molar-refractivity contribution is 0.633. The predicted octanol–water partition coefficient (Wildman–Crippen LogP) is 17.2. The molecule has 0 N–H and O–H groups in total. The summed E-state index contributed by atoms with van der Waals surface area (Å²) >= 11 is 0. The van der Waals surface area contributed by atoms with E-state index in [1.807, 2.05) is 0 Å². The second kappa shape index (κ2) is 15.4. The Balaban J connectivity index is 0.971. The molecule has 3 aliphatic rings. The van der Waals surface area contributed by atoms with Crippen molar-refractivity contribution < 1.29 is 0 Å². The van der Waals surface area contributed by atoms with Crippen LogP contribution in [0.4, 0.5) is 17.1 Å². The zero-order valence-electron chi connectivity index (χ0n) is 37.9. The molecule has 11 aromatic carbocycles. The molecule has 0 saturated carbocycles. The zero-order chi connectivity index (χ0) is 45.5. The highest BCUT2D eigenvalue weighted by Crippen LogP contribution is 2.67. The fourth-order valence-corrected chi connectivity index (χ4v) is 12.6. The highest BCUT2D eigenvalue weighted by molar-refractivity contribution is 5.95. The van der Waals surface area contributed by atoms with E-state index in [0.717, 1.165) is 17.1 Å². The minimum atomic E-state index is -0.550. The first kappa shape index (κ1) is 39.4. The molecule has 0 radical (unpaired) electrons. The van der Waals surface area contributed by atoms with Gasteiger partial charge >= 0.3 is 0 Å². The Labute approximate surface area is 403 Å². The Morgan fingerprint density at radius 1 is 0.188 bits per heavy atom. The molecule has 0 saturated heterocycles. The molecule has 11 aromatic rings. The number of rotatable bonds is 6. The molecular weight excluding hydrogens is 831 g/mol. The SMILES string of the molecule is c1ccc(-c2ccc(N(c3ccc(-c4ccccc4-c4ccccc4)cc3)c3ccc4c(c3)-c3ccccc3C43c4ccccc4C4(c5ccccc5-c5ccccc54)c4ccccc43)cc2)cc1. The van der Waals surface area contributed by atoms with Crippen LogP contribution < -0.4 is 4.90 Å². The lowest BCUT2D eigenvalue weighted by Crippen LogP contribution is -2.43.